The van der Waals surface area contributed by atoms with E-state index in [4.69, 9.17) is 16.7 Å². The van der Waals surface area contributed by atoms with Gasteiger partial charge < -0.3 is 5.32 Å². The van der Waals surface area contributed by atoms with Crippen molar-refractivity contribution in [3.63, 3.8) is 0 Å². The molecule has 3 rings (SSSR count). The number of nitrogens with zero attached hydrogens (tertiary/aromatic N) is 4. The van der Waals surface area contributed by atoms with Gasteiger partial charge in [-0.05, 0) is 63.3 Å². The average Bonchev–Trinajstić information content (AvgIpc) is 2.89. The Balaban J connectivity index is 2.26. The standard InChI is InChI=1S/C14H11ClFIN6O3S/c1-22-14(24)23(21-20-22)13-10(4-5-11(12(13)16)27(18,25)26)19-9-3-2-7(17)6-8(9)15/h2-6,19H,1H3,(H2,18,25,26). The molecule has 27 heavy (non-hydrogen) atoms. The van der Waals surface area contributed by atoms with Crippen molar-refractivity contribution in [3.8, 4) is 5.69 Å². The molecule has 0 aliphatic heterocycles. The Kier molecular flexibility index (Phi) is 5.24. The van der Waals surface area contributed by atoms with Crippen LogP contribution in [-0.4, -0.2) is 28.2 Å². The highest BCUT2D eigenvalue weighted by Gasteiger charge is 2.24. The molecule has 2 aromatic carbocycles. The van der Waals surface area contributed by atoms with Gasteiger partial charge in [0, 0.05) is 10.6 Å². The van der Waals surface area contributed by atoms with Crippen LogP contribution in [0, 0.1) is 9.39 Å². The van der Waals surface area contributed by atoms with Crippen LogP contribution in [0.3, 0.4) is 0 Å². The maximum Gasteiger partial charge on any atom is 0.368 e. The molecule has 0 spiro atoms. The lowest BCUT2D eigenvalue weighted by Crippen LogP contribution is -2.25. The van der Waals surface area contributed by atoms with Crippen LogP contribution >= 0.6 is 34.2 Å². The minimum absolute atomic E-state index is 0.0469. The van der Waals surface area contributed by atoms with E-state index in [9.17, 15) is 13.2 Å². The molecule has 0 unspecified atom stereocenters. The highest BCUT2D eigenvalue weighted by Crippen LogP contribution is 2.32. The van der Waals surface area contributed by atoms with E-state index in [-0.39, 0.29) is 5.69 Å². The van der Waals surface area contributed by atoms with Crippen LogP contribution in [0.5, 0.6) is 0 Å². The molecule has 1 aromatic heterocycles. The fraction of sp³-hybridized carbons (Fsp3) is 0.0714. The van der Waals surface area contributed by atoms with Crippen LogP contribution in [0.1, 0.15) is 0 Å². The van der Waals surface area contributed by atoms with E-state index in [2.05, 4.69) is 38.3 Å². The first-order valence-electron chi connectivity index (χ1n) is 7.16. The molecule has 0 bridgehead atoms. The molecule has 0 saturated carbocycles. The predicted octanol–water partition coefficient (Wildman–Crippen LogP) is 1.75. The van der Waals surface area contributed by atoms with E-state index < -0.39 is 32.1 Å². The first-order valence-corrected chi connectivity index (χ1v) is 10.2. The molecule has 0 atom stereocenters. The molecule has 0 aliphatic carbocycles. The number of nitrogens with one attached hydrogen (secondary N) is 1. The van der Waals surface area contributed by atoms with Gasteiger partial charge in [-0.25, -0.2) is 22.7 Å². The van der Waals surface area contributed by atoms with Crippen LogP contribution < -0.4 is 16.1 Å². The zero-order valence-electron chi connectivity index (χ0n) is 13.5. The minimum Gasteiger partial charge on any atom is -0.352 e. The summed E-state index contributed by atoms with van der Waals surface area (Å²) in [7, 11) is -3.06. The number of nitrogens with two attached hydrogens (primary N) is 1. The summed E-state index contributed by atoms with van der Waals surface area (Å²) in [6, 6.07) is 7.33. The Labute approximate surface area is 171 Å². The van der Waals surface area contributed by atoms with Crippen molar-refractivity contribution >= 4 is 55.6 Å². The maximum absolute atomic E-state index is 15.0. The van der Waals surface area contributed by atoms with Gasteiger partial charge in [-0.1, -0.05) is 11.6 Å². The molecule has 13 heteroatoms. The Bertz CT molecular complexity index is 1210. The highest BCUT2D eigenvalue weighted by molar-refractivity contribution is 14.1. The molecule has 0 saturated heterocycles. The largest absolute Gasteiger partial charge is 0.368 e. The number of aromatic nitrogens is 4. The lowest BCUT2D eigenvalue weighted by atomic mass is 10.2. The second-order valence-corrected chi connectivity index (χ2v) is 8.55. The van der Waals surface area contributed by atoms with Gasteiger partial charge in [-0.3, -0.25) is 0 Å². The average molecular weight is 525 g/mol. The number of primary sulfonamides is 1. The molecule has 3 N–H and O–H groups in total. The summed E-state index contributed by atoms with van der Waals surface area (Å²) in [6.07, 6.45) is 0. The number of anilines is 2. The number of rotatable bonds is 4. The van der Waals surface area contributed by atoms with E-state index in [1.165, 1.54) is 13.1 Å². The zero-order valence-corrected chi connectivity index (χ0v) is 17.2. The van der Waals surface area contributed by atoms with Crippen molar-refractivity contribution in [3.05, 3.63) is 55.2 Å². The summed E-state index contributed by atoms with van der Waals surface area (Å²) in [5, 5.41) is 15.4. The lowest BCUT2D eigenvalue weighted by molar-refractivity contribution is 0.558. The SMILES string of the molecule is Cn1nnn(-c2c(Nc3ccc(I)cc3Cl)ccc(S(N)(=O)=O)c2F)c1=O. The molecular formula is C14H11ClFIN6O3S. The molecule has 142 valence electrons. The summed E-state index contributed by atoms with van der Waals surface area (Å²) in [5.74, 6) is -1.24. The van der Waals surface area contributed by atoms with Gasteiger partial charge in [0.05, 0.1) is 16.4 Å². The van der Waals surface area contributed by atoms with Crippen LogP contribution in [0.4, 0.5) is 15.8 Å². The zero-order chi connectivity index (χ0) is 19.9. The van der Waals surface area contributed by atoms with Crippen molar-refractivity contribution in [2.45, 2.75) is 4.90 Å². The summed E-state index contributed by atoms with van der Waals surface area (Å²) in [4.78, 5) is 11.4. The number of sulfonamides is 1. The third kappa shape index (κ3) is 3.83. The fourth-order valence-electron chi connectivity index (χ4n) is 2.26. The molecule has 0 amide bonds. The predicted molar refractivity (Wildman–Crippen MR) is 105 cm³/mol. The Morgan fingerprint density at radius 2 is 1.89 bits per heavy atom. The minimum atomic E-state index is -4.37. The van der Waals surface area contributed by atoms with Crippen molar-refractivity contribution in [2.75, 3.05) is 5.32 Å². The van der Waals surface area contributed by atoms with Gasteiger partial charge in [-0.2, -0.15) is 9.36 Å². The van der Waals surface area contributed by atoms with Crippen LogP contribution in [-0.2, 0) is 17.1 Å². The number of tetrazole rings is 1. The molecule has 0 aliphatic rings. The Hall–Kier alpha value is -2.03. The Morgan fingerprint density at radius 3 is 2.44 bits per heavy atom. The van der Waals surface area contributed by atoms with Crippen LogP contribution in [0.2, 0.25) is 5.02 Å². The Morgan fingerprint density at radius 1 is 1.22 bits per heavy atom. The third-order valence-electron chi connectivity index (χ3n) is 3.52. The van der Waals surface area contributed by atoms with Crippen LogP contribution in [0.25, 0.3) is 5.69 Å². The van der Waals surface area contributed by atoms with Gasteiger partial charge >= 0.3 is 5.69 Å². The van der Waals surface area contributed by atoms with E-state index in [0.29, 0.717) is 15.4 Å². The molecule has 0 radical (unpaired) electrons. The lowest BCUT2D eigenvalue weighted by Gasteiger charge is -2.15. The fourth-order valence-corrected chi connectivity index (χ4v) is 3.77. The number of hydrogen-bond donors (Lipinski definition) is 2. The molecule has 3 aromatic rings. The van der Waals surface area contributed by atoms with Crippen molar-refractivity contribution < 1.29 is 12.8 Å². The van der Waals surface area contributed by atoms with Gasteiger partial charge in [0.1, 0.15) is 10.6 Å². The number of hydrogen-bond acceptors (Lipinski definition) is 6. The van der Waals surface area contributed by atoms with E-state index in [1.807, 2.05) is 0 Å². The molecule has 9 nitrogen and oxygen atoms in total. The van der Waals surface area contributed by atoms with E-state index in [0.717, 1.165) is 14.3 Å². The molecule has 0 fully saturated rings. The smallest absolute Gasteiger partial charge is 0.352 e. The van der Waals surface area contributed by atoms with Crippen molar-refractivity contribution in [1.82, 2.24) is 19.8 Å². The normalized spacial score (nSPS) is 11.6. The molecular weight excluding hydrogens is 514 g/mol. The van der Waals surface area contributed by atoms with Gasteiger partial charge in [0.25, 0.3) is 0 Å². The van der Waals surface area contributed by atoms with Gasteiger partial charge in [0.2, 0.25) is 10.0 Å². The summed E-state index contributed by atoms with van der Waals surface area (Å²) in [6.45, 7) is 0. The monoisotopic (exact) mass is 524 g/mol. The quantitative estimate of drug-likeness (QED) is 0.501. The second-order valence-electron chi connectivity index (χ2n) is 5.36. The number of aryl methyl sites for hydroxylation is 1. The summed E-state index contributed by atoms with van der Waals surface area (Å²) >= 11 is 8.25. The molecule has 1 heterocycles. The second kappa shape index (κ2) is 7.18. The third-order valence-corrected chi connectivity index (χ3v) is 5.43. The van der Waals surface area contributed by atoms with Crippen LogP contribution in [0.15, 0.2) is 40.0 Å². The summed E-state index contributed by atoms with van der Waals surface area (Å²) < 4.78 is 40.7. The first kappa shape index (κ1) is 19.7. The highest BCUT2D eigenvalue weighted by atomic mass is 127. The van der Waals surface area contributed by atoms with E-state index >= 15 is 4.39 Å². The maximum atomic E-state index is 15.0. The van der Waals surface area contributed by atoms with Gasteiger partial charge in [0.15, 0.2) is 5.82 Å². The van der Waals surface area contributed by atoms with Gasteiger partial charge in [-0.15, -0.1) is 0 Å². The van der Waals surface area contributed by atoms with Crippen molar-refractivity contribution in [2.24, 2.45) is 12.2 Å². The van der Waals surface area contributed by atoms with Crippen molar-refractivity contribution in [1.29, 1.82) is 0 Å². The first-order chi connectivity index (χ1) is 12.6. The van der Waals surface area contributed by atoms with E-state index in [1.54, 1.807) is 18.2 Å². The summed E-state index contributed by atoms with van der Waals surface area (Å²) in [5.41, 5.74) is -0.768. The number of benzene rings is 2. The number of halogens is 3. The topological polar surface area (TPSA) is 125 Å².